The van der Waals surface area contributed by atoms with Crippen LogP contribution in [-0.4, -0.2) is 77.9 Å². The molecule has 1 amide bonds. The van der Waals surface area contributed by atoms with E-state index in [2.05, 4.69) is 74.3 Å². The quantitative estimate of drug-likeness (QED) is 0.387. The van der Waals surface area contributed by atoms with Crippen LogP contribution in [0, 0.1) is 11.3 Å². The summed E-state index contributed by atoms with van der Waals surface area (Å²) in [6.07, 6.45) is 3.55. The number of nitrogens with zero attached hydrogens (tertiary/aromatic N) is 6. The summed E-state index contributed by atoms with van der Waals surface area (Å²) in [6, 6.07) is 29.3. The first-order valence-corrected chi connectivity index (χ1v) is 12.9. The Kier molecular flexibility index (Phi) is 7.78. The molecule has 0 N–H and O–H groups in total. The fourth-order valence-corrected chi connectivity index (χ4v) is 5.17. The third-order valence-electron chi connectivity index (χ3n) is 7.15. The second-order valence-corrected chi connectivity index (χ2v) is 9.42. The third-order valence-corrected chi connectivity index (χ3v) is 7.15. The van der Waals surface area contributed by atoms with Gasteiger partial charge in [0.2, 0.25) is 0 Å². The van der Waals surface area contributed by atoms with Gasteiger partial charge in [-0.15, -0.1) is 0 Å². The minimum atomic E-state index is -0.176. The summed E-state index contributed by atoms with van der Waals surface area (Å²) in [6.45, 7) is 5.81. The van der Waals surface area contributed by atoms with Crippen molar-refractivity contribution in [3.63, 3.8) is 0 Å². The Morgan fingerprint density at radius 1 is 0.784 bits per heavy atom. The van der Waals surface area contributed by atoms with Crippen LogP contribution in [0.4, 0.5) is 5.82 Å². The second-order valence-electron chi connectivity index (χ2n) is 9.42. The van der Waals surface area contributed by atoms with E-state index < -0.39 is 0 Å². The molecule has 0 saturated carbocycles. The van der Waals surface area contributed by atoms with Crippen LogP contribution in [0.1, 0.15) is 17.2 Å². The van der Waals surface area contributed by atoms with Gasteiger partial charge in [-0.1, -0.05) is 66.7 Å². The molecule has 0 unspecified atom stereocenters. The first-order chi connectivity index (χ1) is 18.2. The highest BCUT2D eigenvalue weighted by atomic mass is 16.2. The van der Waals surface area contributed by atoms with Crippen LogP contribution in [0.2, 0.25) is 0 Å². The molecule has 7 nitrogen and oxygen atoms in total. The molecule has 188 valence electrons. The molecule has 2 aliphatic heterocycles. The number of rotatable bonds is 6. The van der Waals surface area contributed by atoms with Crippen molar-refractivity contribution >= 4 is 11.7 Å². The largest absolute Gasteiger partial charge is 0.373 e. The maximum absolute atomic E-state index is 13.3. The summed E-state index contributed by atoms with van der Waals surface area (Å²) >= 11 is 0. The molecule has 3 aromatic rings. The molecule has 0 aliphatic carbocycles. The number of hydrogen-bond acceptors (Lipinski definition) is 6. The van der Waals surface area contributed by atoms with E-state index in [0.29, 0.717) is 13.1 Å². The molecular weight excluding hydrogens is 460 g/mol. The van der Waals surface area contributed by atoms with Gasteiger partial charge in [-0.2, -0.15) is 5.26 Å². The van der Waals surface area contributed by atoms with Gasteiger partial charge >= 0.3 is 0 Å². The molecule has 7 heteroatoms. The number of aromatic nitrogens is 1. The molecule has 0 atom stereocenters. The number of hydrogen-bond donors (Lipinski definition) is 0. The van der Waals surface area contributed by atoms with Crippen LogP contribution in [0.25, 0.3) is 0 Å². The first kappa shape index (κ1) is 24.5. The SMILES string of the molecule is N#C/C(=C/N1CCN(c2ccccn2)CC1)C(=O)N1CCN(C(c2ccccc2)c2ccccc2)CC1. The summed E-state index contributed by atoms with van der Waals surface area (Å²) in [5, 5.41) is 9.80. The summed E-state index contributed by atoms with van der Waals surface area (Å²) in [5.41, 5.74) is 2.70. The lowest BCUT2D eigenvalue weighted by atomic mass is 9.96. The molecule has 3 heterocycles. The van der Waals surface area contributed by atoms with Gasteiger partial charge in [-0.3, -0.25) is 9.69 Å². The molecule has 2 aromatic carbocycles. The average molecular weight is 493 g/mol. The Bertz CT molecular complexity index is 1190. The zero-order valence-corrected chi connectivity index (χ0v) is 21.0. The highest BCUT2D eigenvalue weighted by Crippen LogP contribution is 2.29. The number of anilines is 1. The van der Waals surface area contributed by atoms with Gasteiger partial charge < -0.3 is 14.7 Å². The lowest BCUT2D eigenvalue weighted by Crippen LogP contribution is -2.50. The van der Waals surface area contributed by atoms with Crippen LogP contribution < -0.4 is 4.90 Å². The number of carbonyl (C=O) groups excluding carboxylic acids is 1. The lowest BCUT2D eigenvalue weighted by Gasteiger charge is -2.40. The van der Waals surface area contributed by atoms with Crippen molar-refractivity contribution in [3.05, 3.63) is 108 Å². The number of pyridine rings is 1. The molecule has 2 fully saturated rings. The Morgan fingerprint density at radius 2 is 1.38 bits per heavy atom. The minimum absolute atomic E-state index is 0.140. The Morgan fingerprint density at radius 3 is 1.92 bits per heavy atom. The predicted molar refractivity (Wildman–Crippen MR) is 145 cm³/mol. The lowest BCUT2D eigenvalue weighted by molar-refractivity contribution is -0.128. The van der Waals surface area contributed by atoms with E-state index in [0.717, 1.165) is 45.1 Å². The van der Waals surface area contributed by atoms with Crippen molar-refractivity contribution in [3.8, 4) is 6.07 Å². The summed E-state index contributed by atoms with van der Waals surface area (Å²) in [4.78, 5) is 26.3. The predicted octanol–water partition coefficient (Wildman–Crippen LogP) is 3.54. The van der Waals surface area contributed by atoms with Crippen molar-refractivity contribution in [1.82, 2.24) is 19.7 Å². The minimum Gasteiger partial charge on any atom is -0.373 e. The average Bonchev–Trinajstić information content (AvgIpc) is 2.98. The highest BCUT2D eigenvalue weighted by Gasteiger charge is 2.29. The maximum atomic E-state index is 13.3. The topological polar surface area (TPSA) is 66.7 Å². The van der Waals surface area contributed by atoms with Crippen molar-refractivity contribution in [2.45, 2.75) is 6.04 Å². The first-order valence-electron chi connectivity index (χ1n) is 12.9. The van der Waals surface area contributed by atoms with E-state index in [-0.39, 0.29) is 17.5 Å². The van der Waals surface area contributed by atoms with E-state index in [9.17, 15) is 10.1 Å². The van der Waals surface area contributed by atoms with Gasteiger partial charge in [0.1, 0.15) is 17.5 Å². The van der Waals surface area contributed by atoms with Crippen LogP contribution in [0.3, 0.4) is 0 Å². The van der Waals surface area contributed by atoms with Gasteiger partial charge in [-0.25, -0.2) is 4.98 Å². The Hall–Kier alpha value is -4.15. The molecule has 0 radical (unpaired) electrons. The Balaban J connectivity index is 1.21. The number of carbonyl (C=O) groups is 1. The van der Waals surface area contributed by atoms with E-state index >= 15 is 0 Å². The van der Waals surface area contributed by atoms with Gasteiger partial charge in [0.15, 0.2) is 0 Å². The Labute approximate surface area is 218 Å². The molecule has 0 spiro atoms. The van der Waals surface area contributed by atoms with E-state index in [4.69, 9.17) is 0 Å². The molecule has 1 aromatic heterocycles. The smallest absolute Gasteiger partial charge is 0.266 e. The fourth-order valence-electron chi connectivity index (χ4n) is 5.17. The van der Waals surface area contributed by atoms with Crippen molar-refractivity contribution in [1.29, 1.82) is 5.26 Å². The van der Waals surface area contributed by atoms with Gasteiger partial charge in [-0.05, 0) is 23.3 Å². The summed E-state index contributed by atoms with van der Waals surface area (Å²) in [7, 11) is 0. The van der Waals surface area contributed by atoms with Crippen molar-refractivity contribution in [2.75, 3.05) is 57.3 Å². The number of benzene rings is 2. The van der Waals surface area contributed by atoms with E-state index in [1.165, 1.54) is 11.1 Å². The monoisotopic (exact) mass is 492 g/mol. The zero-order valence-electron chi connectivity index (χ0n) is 21.0. The van der Waals surface area contributed by atoms with Crippen LogP contribution in [-0.2, 0) is 4.79 Å². The van der Waals surface area contributed by atoms with Crippen molar-refractivity contribution in [2.24, 2.45) is 0 Å². The van der Waals surface area contributed by atoms with Crippen LogP contribution >= 0.6 is 0 Å². The highest BCUT2D eigenvalue weighted by molar-refractivity contribution is 5.97. The van der Waals surface area contributed by atoms with Gasteiger partial charge in [0.05, 0.1) is 6.04 Å². The zero-order chi connectivity index (χ0) is 25.5. The molecule has 0 bridgehead atoms. The third kappa shape index (κ3) is 5.82. The van der Waals surface area contributed by atoms with Gasteiger partial charge in [0, 0.05) is 64.8 Å². The van der Waals surface area contributed by atoms with Gasteiger partial charge in [0.25, 0.3) is 5.91 Å². The van der Waals surface area contributed by atoms with Crippen LogP contribution in [0.5, 0.6) is 0 Å². The van der Waals surface area contributed by atoms with E-state index in [1.54, 1.807) is 12.4 Å². The number of amides is 1. The molecule has 37 heavy (non-hydrogen) atoms. The molecular formula is C30H32N6O. The standard InChI is InChI=1S/C30H32N6O/c31-23-27(24-33-15-17-34(18-16-33)28-13-7-8-14-32-28)30(37)36-21-19-35(20-22-36)29(25-9-3-1-4-10-25)26-11-5-2-6-12-26/h1-14,24,29H,15-22H2/b27-24-. The number of piperazine rings is 2. The number of nitriles is 1. The molecule has 2 aliphatic rings. The van der Waals surface area contributed by atoms with Crippen molar-refractivity contribution < 1.29 is 4.79 Å². The summed E-state index contributed by atoms with van der Waals surface area (Å²) < 4.78 is 0. The maximum Gasteiger partial charge on any atom is 0.266 e. The van der Waals surface area contributed by atoms with E-state index in [1.807, 2.05) is 35.2 Å². The summed E-state index contributed by atoms with van der Waals surface area (Å²) in [5.74, 6) is 0.787. The second kappa shape index (κ2) is 11.7. The fraction of sp³-hybridized carbons (Fsp3) is 0.300. The van der Waals surface area contributed by atoms with Crippen LogP contribution in [0.15, 0.2) is 96.8 Å². The molecule has 2 saturated heterocycles. The normalized spacial score (nSPS) is 17.1. The molecule has 5 rings (SSSR count).